The molecule has 0 saturated heterocycles. The van der Waals surface area contributed by atoms with Crippen molar-refractivity contribution in [3.05, 3.63) is 96.1 Å². The number of rotatable bonds is 9. The molecule has 8 nitrogen and oxygen atoms in total. The van der Waals surface area contributed by atoms with Gasteiger partial charge in [0.05, 0.1) is 56.5 Å². The summed E-state index contributed by atoms with van der Waals surface area (Å²) in [5.41, 5.74) is 6.30. The minimum Gasteiger partial charge on any atom is -0.491 e. The third-order valence-corrected chi connectivity index (χ3v) is 6.95. The first-order chi connectivity index (χ1) is 19.8. The number of anilines is 2. The van der Waals surface area contributed by atoms with Crippen molar-refractivity contribution in [1.82, 2.24) is 8.97 Å². The zero-order valence-electron chi connectivity index (χ0n) is 25.6. The predicted molar refractivity (Wildman–Crippen MR) is 173 cm³/mol. The minimum absolute atomic E-state index is 0.209. The Morgan fingerprint density at radius 3 is 1.14 bits per heavy atom. The van der Waals surface area contributed by atoms with Gasteiger partial charge in [-0.3, -0.25) is 18.6 Å². The fraction of sp³-hybridized carbons (Fsp3) is 0.235. The Bertz CT molecular complexity index is 1460. The van der Waals surface area contributed by atoms with Crippen LogP contribution < -0.4 is 29.1 Å². The number of carbonyl (C=O) groups excluding carboxylic acids is 2. The van der Waals surface area contributed by atoms with Crippen molar-refractivity contribution in [1.29, 1.82) is 0 Å². The van der Waals surface area contributed by atoms with Gasteiger partial charge in [0, 0.05) is 46.8 Å². The Kier molecular flexibility index (Phi) is 8.70. The van der Waals surface area contributed by atoms with Gasteiger partial charge < -0.3 is 20.1 Å². The lowest BCUT2D eigenvalue weighted by Gasteiger charge is -2.25. The maximum atomic E-state index is 12.9. The van der Waals surface area contributed by atoms with Gasteiger partial charge in [-0.2, -0.15) is 0 Å². The molecule has 0 radical (unpaired) electrons. The molecule has 4 aromatic carbocycles. The molecule has 4 rings (SSSR count). The van der Waals surface area contributed by atoms with Gasteiger partial charge in [-0.1, -0.05) is 24.3 Å². The first-order valence-corrected chi connectivity index (χ1v) is 13.6. The van der Waals surface area contributed by atoms with Gasteiger partial charge in [-0.05, 0) is 47.5 Å². The highest BCUT2D eigenvalue weighted by atomic mass is 16.5. The summed E-state index contributed by atoms with van der Waals surface area (Å²) in [6.07, 6.45) is 0. The van der Waals surface area contributed by atoms with E-state index in [0.717, 1.165) is 22.5 Å². The van der Waals surface area contributed by atoms with Crippen LogP contribution in [0, 0.1) is 0 Å². The van der Waals surface area contributed by atoms with Crippen molar-refractivity contribution in [2.24, 2.45) is 0 Å². The Labute approximate surface area is 248 Å². The number of amides is 2. The predicted octanol–water partition coefficient (Wildman–Crippen LogP) is 6.27. The lowest BCUT2D eigenvalue weighted by atomic mass is 10.0. The molecule has 0 heterocycles. The summed E-state index contributed by atoms with van der Waals surface area (Å²) in [7, 11) is 15.6. The zero-order valence-corrected chi connectivity index (χ0v) is 25.6. The number of benzene rings is 4. The van der Waals surface area contributed by atoms with Crippen molar-refractivity contribution < 1.29 is 19.1 Å². The van der Waals surface area contributed by atoms with Crippen molar-refractivity contribution in [2.75, 3.05) is 67.1 Å². The highest BCUT2D eigenvalue weighted by molar-refractivity contribution is 6.05. The van der Waals surface area contributed by atoms with E-state index in [0.29, 0.717) is 43.0 Å². The van der Waals surface area contributed by atoms with Crippen LogP contribution in [0.4, 0.5) is 22.7 Å². The number of ether oxygens (including phenoxy) is 2. The molecular weight excluding hydrogens is 528 g/mol. The standard InChI is InChI=1S/C34H38N4O4/c1-37(2,3)29-19-17-27(21-31(29)41-7)35-33(39)25-13-9-23(10-14-25)24-11-15-26(16-12-24)34(40)36-28-18-20-30(38(4,5)6)32(22-28)42-8/h9-22H,1-8H3/p+2. The monoisotopic (exact) mass is 568 g/mol. The minimum atomic E-state index is -0.209. The number of nitrogens with one attached hydrogen (secondary N) is 2. The molecule has 0 saturated carbocycles. The summed E-state index contributed by atoms with van der Waals surface area (Å²) >= 11 is 0. The first kappa shape index (κ1) is 30.3. The van der Waals surface area contributed by atoms with Gasteiger partial charge >= 0.3 is 0 Å². The molecule has 0 aromatic heterocycles. The third kappa shape index (κ3) is 6.97. The summed E-state index contributed by atoms with van der Waals surface area (Å²) in [6, 6.07) is 26.1. The van der Waals surface area contributed by atoms with Crippen LogP contribution in [0.2, 0.25) is 0 Å². The number of methoxy groups -OCH3 is 2. The van der Waals surface area contributed by atoms with Gasteiger partial charge in [0.25, 0.3) is 11.8 Å². The third-order valence-electron chi connectivity index (χ3n) is 6.95. The Morgan fingerprint density at radius 2 is 0.857 bits per heavy atom. The number of hydrogen-bond acceptors (Lipinski definition) is 4. The Morgan fingerprint density at radius 1 is 0.524 bits per heavy atom. The molecule has 42 heavy (non-hydrogen) atoms. The van der Waals surface area contributed by atoms with Crippen molar-refractivity contribution in [3.8, 4) is 22.6 Å². The second kappa shape index (κ2) is 12.1. The molecule has 2 amide bonds. The van der Waals surface area contributed by atoms with E-state index in [9.17, 15) is 9.59 Å². The van der Waals surface area contributed by atoms with E-state index in [1.165, 1.54) is 0 Å². The van der Waals surface area contributed by atoms with Crippen LogP contribution in [0.15, 0.2) is 84.9 Å². The second-order valence-electron chi connectivity index (χ2n) is 11.9. The van der Waals surface area contributed by atoms with E-state index in [1.807, 2.05) is 60.7 Å². The van der Waals surface area contributed by atoms with Crippen LogP contribution in [0.25, 0.3) is 11.1 Å². The summed E-state index contributed by atoms with van der Waals surface area (Å²) in [6.45, 7) is 0. The summed E-state index contributed by atoms with van der Waals surface area (Å²) in [4.78, 5) is 25.8. The summed E-state index contributed by atoms with van der Waals surface area (Å²) in [5, 5.41) is 5.90. The van der Waals surface area contributed by atoms with Gasteiger partial charge in [-0.15, -0.1) is 0 Å². The molecule has 0 spiro atoms. The van der Waals surface area contributed by atoms with Gasteiger partial charge in [0.2, 0.25) is 0 Å². The molecule has 0 aliphatic heterocycles. The number of nitrogens with zero attached hydrogens (tertiary/aromatic N) is 2. The van der Waals surface area contributed by atoms with E-state index >= 15 is 0 Å². The molecule has 0 unspecified atom stereocenters. The molecule has 0 aliphatic rings. The first-order valence-electron chi connectivity index (χ1n) is 13.6. The lowest BCUT2D eigenvalue weighted by molar-refractivity contribution is 0.101. The number of carbonyl (C=O) groups is 2. The molecule has 0 fully saturated rings. The largest absolute Gasteiger partial charge is 0.491 e. The fourth-order valence-corrected chi connectivity index (χ4v) is 4.65. The quantitative estimate of drug-likeness (QED) is 0.234. The second-order valence-corrected chi connectivity index (χ2v) is 11.9. The normalized spacial score (nSPS) is 11.5. The topological polar surface area (TPSA) is 76.7 Å². The molecule has 4 aromatic rings. The average molecular weight is 569 g/mol. The van der Waals surface area contributed by atoms with Gasteiger partial charge in [-0.25, -0.2) is 0 Å². The number of quaternary nitrogens is 2. The van der Waals surface area contributed by atoms with Crippen molar-refractivity contribution in [2.45, 2.75) is 0 Å². The van der Waals surface area contributed by atoms with E-state index in [2.05, 4.69) is 52.9 Å². The molecule has 0 bridgehead atoms. The lowest BCUT2D eigenvalue weighted by Crippen LogP contribution is -2.35. The van der Waals surface area contributed by atoms with Gasteiger partial charge in [0.1, 0.15) is 0 Å². The molecule has 8 heteroatoms. The summed E-state index contributed by atoms with van der Waals surface area (Å²) in [5.74, 6) is 1.01. The molecule has 0 aliphatic carbocycles. The molecule has 2 N–H and O–H groups in total. The SMILES string of the molecule is COc1cc(NC(=O)c2ccc(-c3ccc(C(=O)Nc4ccc([N+](C)(C)C)c(OC)c4)cc3)cc2)ccc1[N+](C)(C)C. The van der Waals surface area contributed by atoms with Crippen LogP contribution in [0.3, 0.4) is 0 Å². The maximum Gasteiger partial charge on any atom is 0.255 e. The smallest absolute Gasteiger partial charge is 0.255 e. The van der Waals surface area contributed by atoms with Crippen LogP contribution in [0.1, 0.15) is 20.7 Å². The highest BCUT2D eigenvalue weighted by Crippen LogP contribution is 2.34. The van der Waals surface area contributed by atoms with E-state index < -0.39 is 0 Å². The van der Waals surface area contributed by atoms with Gasteiger partial charge in [0.15, 0.2) is 22.9 Å². The zero-order chi connectivity index (χ0) is 30.7. The molecule has 218 valence electrons. The van der Waals surface area contributed by atoms with Crippen molar-refractivity contribution >= 4 is 34.6 Å². The van der Waals surface area contributed by atoms with E-state index in [4.69, 9.17) is 9.47 Å². The summed E-state index contributed by atoms with van der Waals surface area (Å²) < 4.78 is 12.3. The fourth-order valence-electron chi connectivity index (χ4n) is 4.65. The maximum absolute atomic E-state index is 12.9. The molecule has 0 atom stereocenters. The van der Waals surface area contributed by atoms with Crippen LogP contribution in [0.5, 0.6) is 11.5 Å². The molecular formula is C34H40N4O4+2. The average Bonchev–Trinajstić information content (AvgIpc) is 2.96. The van der Waals surface area contributed by atoms with Crippen LogP contribution >= 0.6 is 0 Å². The Hall–Kier alpha value is -4.66. The van der Waals surface area contributed by atoms with E-state index in [1.54, 1.807) is 38.5 Å². The Balaban J connectivity index is 1.42. The number of hydrogen-bond donors (Lipinski definition) is 2. The van der Waals surface area contributed by atoms with Crippen LogP contribution in [-0.2, 0) is 0 Å². The van der Waals surface area contributed by atoms with Crippen molar-refractivity contribution in [3.63, 3.8) is 0 Å². The van der Waals surface area contributed by atoms with Crippen LogP contribution in [-0.4, -0.2) is 68.3 Å². The highest BCUT2D eigenvalue weighted by Gasteiger charge is 2.21. The van der Waals surface area contributed by atoms with E-state index in [-0.39, 0.29) is 11.8 Å².